The van der Waals surface area contributed by atoms with E-state index in [2.05, 4.69) is 25.2 Å². The van der Waals surface area contributed by atoms with Gasteiger partial charge in [-0.25, -0.2) is 0 Å². The first-order valence-corrected chi connectivity index (χ1v) is 7.45. The van der Waals surface area contributed by atoms with Gasteiger partial charge in [0.05, 0.1) is 12.5 Å². The van der Waals surface area contributed by atoms with Gasteiger partial charge in [-0.3, -0.25) is 4.79 Å². The minimum atomic E-state index is -0.656. The average molecular weight is 293 g/mol. The van der Waals surface area contributed by atoms with Crippen LogP contribution in [-0.2, 0) is 9.53 Å². The summed E-state index contributed by atoms with van der Waals surface area (Å²) in [6, 6.07) is 8.25. The Kier molecular flexibility index (Phi) is 6.69. The molecule has 0 aliphatic carbocycles. The Morgan fingerprint density at radius 3 is 2.71 bits per heavy atom. The number of esters is 1. The van der Waals surface area contributed by atoms with Crippen molar-refractivity contribution in [2.24, 2.45) is 5.41 Å². The van der Waals surface area contributed by atoms with Crippen LogP contribution in [0.3, 0.4) is 0 Å². The maximum atomic E-state index is 11.6. The minimum Gasteiger partial charge on any atom is -0.492 e. The van der Waals surface area contributed by atoms with Crippen LogP contribution >= 0.6 is 0 Å². The molecule has 1 N–H and O–H groups in total. The Morgan fingerprint density at radius 1 is 1.38 bits per heavy atom. The van der Waals surface area contributed by atoms with Crippen molar-refractivity contribution in [1.29, 1.82) is 0 Å². The second-order valence-corrected chi connectivity index (χ2v) is 5.91. The summed E-state index contributed by atoms with van der Waals surface area (Å²) in [7, 11) is 1.39. The van der Waals surface area contributed by atoms with E-state index in [1.807, 2.05) is 32.0 Å². The van der Waals surface area contributed by atoms with Gasteiger partial charge in [0.15, 0.2) is 0 Å². The topological polar surface area (TPSA) is 47.6 Å². The number of carbonyl (C=O) groups excluding carboxylic acids is 1. The normalized spacial score (nSPS) is 12.8. The molecule has 0 amide bonds. The molecule has 1 rings (SSSR count). The predicted molar refractivity (Wildman–Crippen MR) is 84.4 cm³/mol. The predicted octanol–water partition coefficient (Wildman–Crippen LogP) is 3.33. The van der Waals surface area contributed by atoms with Crippen LogP contribution in [0.2, 0.25) is 0 Å². The third-order valence-corrected chi connectivity index (χ3v) is 3.40. The van der Waals surface area contributed by atoms with Gasteiger partial charge in [0.1, 0.15) is 12.4 Å². The van der Waals surface area contributed by atoms with Gasteiger partial charge in [-0.1, -0.05) is 19.1 Å². The number of carbonyl (C=O) groups is 1. The highest BCUT2D eigenvalue weighted by molar-refractivity contribution is 5.75. The highest BCUT2D eigenvalue weighted by Crippen LogP contribution is 2.23. The molecular formula is C17H27NO3. The summed E-state index contributed by atoms with van der Waals surface area (Å²) < 4.78 is 10.5. The zero-order valence-corrected chi connectivity index (χ0v) is 13.7. The van der Waals surface area contributed by atoms with Gasteiger partial charge < -0.3 is 14.8 Å². The summed E-state index contributed by atoms with van der Waals surface area (Å²) in [5.74, 6) is 0.506. The summed E-state index contributed by atoms with van der Waals surface area (Å²) in [6.07, 6.45) is 1.11. The molecule has 0 heterocycles. The molecule has 118 valence electrons. The van der Waals surface area contributed by atoms with Crippen LogP contribution in [0.5, 0.6) is 5.75 Å². The molecule has 1 unspecified atom stereocenters. The van der Waals surface area contributed by atoms with Gasteiger partial charge in [0.25, 0.3) is 0 Å². The number of ether oxygens (including phenoxy) is 2. The van der Waals surface area contributed by atoms with Gasteiger partial charge in [0, 0.05) is 6.04 Å². The van der Waals surface area contributed by atoms with Crippen molar-refractivity contribution in [1.82, 2.24) is 5.32 Å². The van der Waals surface area contributed by atoms with Crippen LogP contribution < -0.4 is 10.1 Å². The summed E-state index contributed by atoms with van der Waals surface area (Å²) in [5.41, 5.74) is 0.522. The molecular weight excluding hydrogens is 266 g/mol. The molecule has 1 atom stereocenters. The fraction of sp³-hybridized carbons (Fsp3) is 0.588. The molecule has 0 saturated heterocycles. The highest BCUT2D eigenvalue weighted by Gasteiger charge is 2.29. The van der Waals surface area contributed by atoms with E-state index in [1.165, 1.54) is 12.7 Å². The largest absolute Gasteiger partial charge is 0.492 e. The third-order valence-electron chi connectivity index (χ3n) is 3.40. The summed E-state index contributed by atoms with van der Waals surface area (Å²) in [6.45, 7) is 9.19. The van der Waals surface area contributed by atoms with E-state index in [0.717, 1.165) is 18.7 Å². The molecule has 0 aliphatic rings. The van der Waals surface area contributed by atoms with Gasteiger partial charge in [0.2, 0.25) is 0 Å². The van der Waals surface area contributed by atoms with E-state index < -0.39 is 5.41 Å². The monoisotopic (exact) mass is 293 g/mol. The molecule has 1 aromatic rings. The minimum absolute atomic E-state index is 0.267. The standard InChI is InChI=1S/C17H27NO3/c1-6-10-18-13(2)14-8-7-9-15(11-14)21-12-17(3,4)16(19)20-5/h7-9,11,13,18H,6,10,12H2,1-5H3. The maximum absolute atomic E-state index is 11.6. The van der Waals surface area contributed by atoms with E-state index >= 15 is 0 Å². The molecule has 0 radical (unpaired) electrons. The molecule has 4 nitrogen and oxygen atoms in total. The molecule has 21 heavy (non-hydrogen) atoms. The first-order valence-electron chi connectivity index (χ1n) is 7.45. The fourth-order valence-electron chi connectivity index (χ4n) is 1.95. The zero-order chi connectivity index (χ0) is 15.9. The molecule has 0 bridgehead atoms. The lowest BCUT2D eigenvalue weighted by Gasteiger charge is -2.22. The molecule has 0 aliphatic heterocycles. The van der Waals surface area contributed by atoms with Gasteiger partial charge in [-0.05, 0) is 51.4 Å². The molecule has 1 aromatic carbocycles. The first kappa shape index (κ1) is 17.5. The average Bonchev–Trinajstić information content (AvgIpc) is 2.50. The van der Waals surface area contributed by atoms with Crippen LogP contribution in [0, 0.1) is 5.41 Å². The quantitative estimate of drug-likeness (QED) is 0.747. The summed E-state index contributed by atoms with van der Waals surface area (Å²) >= 11 is 0. The smallest absolute Gasteiger partial charge is 0.314 e. The zero-order valence-electron chi connectivity index (χ0n) is 13.7. The fourth-order valence-corrected chi connectivity index (χ4v) is 1.95. The number of nitrogens with one attached hydrogen (secondary N) is 1. The number of methoxy groups -OCH3 is 1. The van der Waals surface area contributed by atoms with Crippen molar-refractivity contribution >= 4 is 5.97 Å². The number of rotatable bonds is 8. The van der Waals surface area contributed by atoms with Crippen molar-refractivity contribution in [3.63, 3.8) is 0 Å². The summed E-state index contributed by atoms with van der Waals surface area (Å²) in [4.78, 5) is 11.6. The van der Waals surface area contributed by atoms with E-state index in [1.54, 1.807) is 0 Å². The number of hydrogen-bond donors (Lipinski definition) is 1. The van der Waals surface area contributed by atoms with Crippen LogP contribution in [0.4, 0.5) is 0 Å². The summed E-state index contributed by atoms with van der Waals surface area (Å²) in [5, 5.41) is 3.45. The SMILES string of the molecule is CCCNC(C)c1cccc(OCC(C)(C)C(=O)OC)c1. The Hall–Kier alpha value is -1.55. The van der Waals surface area contributed by atoms with E-state index in [4.69, 9.17) is 9.47 Å². The second-order valence-electron chi connectivity index (χ2n) is 5.91. The Labute approximate surface area is 127 Å². The van der Waals surface area contributed by atoms with E-state index in [-0.39, 0.29) is 12.0 Å². The number of hydrogen-bond acceptors (Lipinski definition) is 4. The molecule has 0 saturated carbocycles. The third kappa shape index (κ3) is 5.38. The van der Waals surface area contributed by atoms with Gasteiger partial charge in [-0.2, -0.15) is 0 Å². The molecule has 0 spiro atoms. The molecule has 4 heteroatoms. The van der Waals surface area contributed by atoms with Gasteiger partial charge >= 0.3 is 5.97 Å². The molecule has 0 fully saturated rings. The molecule has 0 aromatic heterocycles. The van der Waals surface area contributed by atoms with Crippen molar-refractivity contribution in [3.05, 3.63) is 29.8 Å². The van der Waals surface area contributed by atoms with Crippen molar-refractivity contribution in [2.75, 3.05) is 20.3 Å². The Bertz CT molecular complexity index is 457. The van der Waals surface area contributed by atoms with E-state index in [0.29, 0.717) is 6.61 Å². The van der Waals surface area contributed by atoms with Crippen molar-refractivity contribution in [2.45, 2.75) is 40.2 Å². The van der Waals surface area contributed by atoms with Crippen LogP contribution in [-0.4, -0.2) is 26.2 Å². The number of benzene rings is 1. The Balaban J connectivity index is 2.66. The van der Waals surface area contributed by atoms with Crippen molar-refractivity contribution in [3.8, 4) is 5.75 Å². The van der Waals surface area contributed by atoms with Crippen LogP contribution in [0.15, 0.2) is 24.3 Å². The van der Waals surface area contributed by atoms with Crippen LogP contribution in [0.1, 0.15) is 45.7 Å². The van der Waals surface area contributed by atoms with Crippen molar-refractivity contribution < 1.29 is 14.3 Å². The van der Waals surface area contributed by atoms with Gasteiger partial charge in [-0.15, -0.1) is 0 Å². The lowest BCUT2D eigenvalue weighted by atomic mass is 9.95. The highest BCUT2D eigenvalue weighted by atomic mass is 16.5. The first-order chi connectivity index (χ1) is 9.90. The maximum Gasteiger partial charge on any atom is 0.314 e. The Morgan fingerprint density at radius 2 is 2.10 bits per heavy atom. The second kappa shape index (κ2) is 8.03. The lowest BCUT2D eigenvalue weighted by molar-refractivity contribution is -0.152. The lowest BCUT2D eigenvalue weighted by Crippen LogP contribution is -2.32. The van der Waals surface area contributed by atoms with E-state index in [9.17, 15) is 4.79 Å². The van der Waals surface area contributed by atoms with Crippen LogP contribution in [0.25, 0.3) is 0 Å².